The number of aryl methyl sites for hydroxylation is 1. The van der Waals surface area contributed by atoms with Crippen molar-refractivity contribution in [3.63, 3.8) is 0 Å². The van der Waals surface area contributed by atoms with Crippen LogP contribution in [0.5, 0.6) is 0 Å². The molecule has 0 aliphatic rings. The van der Waals surface area contributed by atoms with Gasteiger partial charge in [0, 0.05) is 16.6 Å². The van der Waals surface area contributed by atoms with Crippen molar-refractivity contribution in [2.24, 2.45) is 0 Å². The number of furan rings is 1. The molecule has 0 radical (unpaired) electrons. The summed E-state index contributed by atoms with van der Waals surface area (Å²) >= 11 is 5.22. The number of para-hydroxylation sites is 1. The van der Waals surface area contributed by atoms with Crippen LogP contribution >= 0.6 is 12.2 Å². The number of hydrazine groups is 1. The van der Waals surface area contributed by atoms with Gasteiger partial charge in [-0.1, -0.05) is 44.2 Å². The summed E-state index contributed by atoms with van der Waals surface area (Å²) in [5.41, 5.74) is 8.84. The lowest BCUT2D eigenvalue weighted by Gasteiger charge is -2.12. The molecule has 0 aliphatic carbocycles. The number of carbonyl (C=O) groups excluding carboxylic acids is 1. The molecule has 6 heteroatoms. The molecule has 1 aromatic heterocycles. The first-order valence-electron chi connectivity index (χ1n) is 8.41. The van der Waals surface area contributed by atoms with Crippen LogP contribution in [0.15, 0.2) is 52.9 Å². The average molecular weight is 367 g/mol. The van der Waals surface area contributed by atoms with Gasteiger partial charge in [0.1, 0.15) is 5.58 Å². The van der Waals surface area contributed by atoms with Crippen LogP contribution in [0.4, 0.5) is 5.69 Å². The molecule has 134 valence electrons. The van der Waals surface area contributed by atoms with Gasteiger partial charge in [-0.25, -0.2) is 0 Å². The molecule has 0 fully saturated rings. The molecule has 0 spiro atoms. The highest BCUT2D eigenvalue weighted by Gasteiger charge is 2.17. The van der Waals surface area contributed by atoms with E-state index in [0.29, 0.717) is 16.6 Å². The van der Waals surface area contributed by atoms with E-state index in [1.165, 1.54) is 5.56 Å². The number of carbonyl (C=O) groups is 1. The van der Waals surface area contributed by atoms with E-state index in [4.69, 9.17) is 16.6 Å². The fraction of sp³-hybridized carbons (Fsp3) is 0.200. The van der Waals surface area contributed by atoms with Gasteiger partial charge in [-0.15, -0.1) is 0 Å². The number of thiocarbonyl (C=S) groups is 1. The normalized spacial score (nSPS) is 10.8. The standard InChI is InChI=1S/C20H21N3O2S/c1-12(2)14-8-10-15(11-9-14)21-20(26)23-22-19(24)18-13(3)16-6-4-5-7-17(16)25-18/h4-12H,1-3H3,(H,22,24)(H2,21,23,26). The average Bonchev–Trinajstić information content (AvgIpc) is 2.97. The summed E-state index contributed by atoms with van der Waals surface area (Å²) in [6, 6.07) is 15.5. The van der Waals surface area contributed by atoms with Crippen LogP contribution in [0, 0.1) is 6.92 Å². The molecule has 26 heavy (non-hydrogen) atoms. The van der Waals surface area contributed by atoms with Crippen LogP contribution in [0.2, 0.25) is 0 Å². The van der Waals surface area contributed by atoms with E-state index in [9.17, 15) is 4.79 Å². The molecule has 1 amide bonds. The Bertz CT molecular complexity index is 945. The van der Waals surface area contributed by atoms with Crippen LogP contribution in [0.3, 0.4) is 0 Å². The minimum Gasteiger partial charge on any atom is -0.451 e. The summed E-state index contributed by atoms with van der Waals surface area (Å²) in [5.74, 6) is 0.362. The molecule has 0 aliphatic heterocycles. The van der Waals surface area contributed by atoms with Crippen LogP contribution in [0.1, 0.15) is 41.4 Å². The quantitative estimate of drug-likeness (QED) is 0.470. The second-order valence-electron chi connectivity index (χ2n) is 6.36. The number of hydrogen-bond acceptors (Lipinski definition) is 3. The third kappa shape index (κ3) is 3.86. The fourth-order valence-electron chi connectivity index (χ4n) is 2.67. The zero-order chi connectivity index (χ0) is 18.7. The van der Waals surface area contributed by atoms with Crippen molar-refractivity contribution in [3.05, 3.63) is 65.4 Å². The summed E-state index contributed by atoms with van der Waals surface area (Å²) in [7, 11) is 0. The zero-order valence-electron chi connectivity index (χ0n) is 14.9. The number of rotatable bonds is 3. The molecule has 0 saturated heterocycles. The molecule has 0 unspecified atom stereocenters. The molecule has 5 nitrogen and oxygen atoms in total. The highest BCUT2D eigenvalue weighted by molar-refractivity contribution is 7.80. The Morgan fingerprint density at radius 2 is 1.73 bits per heavy atom. The van der Waals surface area contributed by atoms with Gasteiger partial charge >= 0.3 is 5.91 Å². The molecular weight excluding hydrogens is 346 g/mol. The van der Waals surface area contributed by atoms with Gasteiger partial charge in [-0.05, 0) is 48.8 Å². The predicted octanol–water partition coefficient (Wildman–Crippen LogP) is 4.50. The molecule has 3 rings (SSSR count). The number of nitrogens with one attached hydrogen (secondary N) is 3. The molecule has 3 N–H and O–H groups in total. The van der Waals surface area contributed by atoms with E-state index < -0.39 is 0 Å². The van der Waals surface area contributed by atoms with Gasteiger partial charge in [0.2, 0.25) is 0 Å². The highest BCUT2D eigenvalue weighted by Crippen LogP contribution is 2.24. The molecule has 0 bridgehead atoms. The molecule has 3 aromatic rings. The number of benzene rings is 2. The van der Waals surface area contributed by atoms with Crippen LogP contribution in [0.25, 0.3) is 11.0 Å². The van der Waals surface area contributed by atoms with E-state index >= 15 is 0 Å². The maximum Gasteiger partial charge on any atom is 0.305 e. The van der Waals surface area contributed by atoms with Crippen LogP contribution < -0.4 is 16.2 Å². The van der Waals surface area contributed by atoms with Gasteiger partial charge in [0.15, 0.2) is 10.9 Å². The Balaban J connectivity index is 1.60. The van der Waals surface area contributed by atoms with Crippen molar-refractivity contribution in [1.29, 1.82) is 0 Å². The third-order valence-electron chi connectivity index (χ3n) is 4.17. The van der Waals surface area contributed by atoms with Crippen molar-refractivity contribution >= 4 is 39.9 Å². The molecule has 2 aromatic carbocycles. The van der Waals surface area contributed by atoms with E-state index in [2.05, 4.69) is 30.0 Å². The van der Waals surface area contributed by atoms with Crippen LogP contribution in [-0.4, -0.2) is 11.0 Å². The second kappa shape index (κ2) is 7.58. The number of anilines is 1. The second-order valence-corrected chi connectivity index (χ2v) is 6.77. The first kappa shape index (κ1) is 17.9. The maximum atomic E-state index is 12.4. The Morgan fingerprint density at radius 3 is 2.38 bits per heavy atom. The fourth-order valence-corrected chi connectivity index (χ4v) is 2.84. The Labute approximate surface area is 157 Å². The van der Waals surface area contributed by atoms with Gasteiger partial charge in [-0.3, -0.25) is 15.6 Å². The Morgan fingerprint density at radius 1 is 1.04 bits per heavy atom. The molecular formula is C20H21N3O2S. The Kier molecular flexibility index (Phi) is 5.23. The van der Waals surface area contributed by atoms with Crippen molar-refractivity contribution in [2.75, 3.05) is 5.32 Å². The van der Waals surface area contributed by atoms with Gasteiger partial charge < -0.3 is 9.73 Å². The smallest absolute Gasteiger partial charge is 0.305 e. The largest absolute Gasteiger partial charge is 0.451 e. The minimum absolute atomic E-state index is 0.266. The van der Waals surface area contributed by atoms with Crippen molar-refractivity contribution in [3.8, 4) is 0 Å². The summed E-state index contributed by atoms with van der Waals surface area (Å²) in [5, 5.41) is 4.25. The zero-order valence-corrected chi connectivity index (χ0v) is 15.7. The van der Waals surface area contributed by atoms with Crippen molar-refractivity contribution in [2.45, 2.75) is 26.7 Å². The summed E-state index contributed by atoms with van der Waals surface area (Å²) in [6.07, 6.45) is 0. The SMILES string of the molecule is Cc1c(C(=O)NNC(=S)Nc2ccc(C(C)C)cc2)oc2ccccc12. The van der Waals surface area contributed by atoms with Crippen molar-refractivity contribution < 1.29 is 9.21 Å². The van der Waals surface area contributed by atoms with E-state index in [-0.39, 0.29) is 11.7 Å². The Hall–Kier alpha value is -2.86. The van der Waals surface area contributed by atoms with Gasteiger partial charge in [-0.2, -0.15) is 0 Å². The topological polar surface area (TPSA) is 66.3 Å². The van der Waals surface area contributed by atoms with E-state index in [1.54, 1.807) is 0 Å². The first-order valence-corrected chi connectivity index (χ1v) is 8.82. The minimum atomic E-state index is -0.377. The summed E-state index contributed by atoms with van der Waals surface area (Å²) in [4.78, 5) is 12.4. The van der Waals surface area contributed by atoms with Gasteiger partial charge in [0.05, 0.1) is 0 Å². The van der Waals surface area contributed by atoms with E-state index in [1.807, 2.05) is 55.5 Å². The monoisotopic (exact) mass is 367 g/mol. The third-order valence-corrected chi connectivity index (χ3v) is 4.38. The lowest BCUT2D eigenvalue weighted by molar-refractivity contribution is 0.0917. The number of hydrogen-bond donors (Lipinski definition) is 3. The first-order chi connectivity index (χ1) is 12.5. The molecule has 0 saturated carbocycles. The van der Waals surface area contributed by atoms with Crippen LogP contribution in [-0.2, 0) is 0 Å². The number of amides is 1. The molecule has 1 heterocycles. The lowest BCUT2D eigenvalue weighted by atomic mass is 10.0. The lowest BCUT2D eigenvalue weighted by Crippen LogP contribution is -2.43. The van der Waals surface area contributed by atoms with Crippen molar-refractivity contribution in [1.82, 2.24) is 10.9 Å². The molecule has 0 atom stereocenters. The summed E-state index contributed by atoms with van der Waals surface area (Å²) in [6.45, 7) is 6.14. The maximum absolute atomic E-state index is 12.4. The van der Waals surface area contributed by atoms with E-state index in [0.717, 1.165) is 16.6 Å². The predicted molar refractivity (Wildman–Crippen MR) is 108 cm³/mol. The van der Waals surface area contributed by atoms with Gasteiger partial charge in [0.25, 0.3) is 0 Å². The summed E-state index contributed by atoms with van der Waals surface area (Å²) < 4.78 is 5.63. The highest BCUT2D eigenvalue weighted by atomic mass is 32.1. The number of fused-ring (bicyclic) bond motifs is 1.